The Morgan fingerprint density at radius 1 is 1.33 bits per heavy atom. The molecular formula is C16H18FNO3. The third kappa shape index (κ3) is 4.43. The third-order valence-electron chi connectivity index (χ3n) is 2.99. The molecule has 2 N–H and O–H groups in total. The van der Waals surface area contributed by atoms with Gasteiger partial charge in [0.2, 0.25) is 5.91 Å². The summed E-state index contributed by atoms with van der Waals surface area (Å²) < 4.78 is 19.2. The largest absolute Gasteiger partial charge is 0.461 e. The van der Waals surface area contributed by atoms with Crippen LogP contribution in [0.3, 0.4) is 0 Å². The van der Waals surface area contributed by atoms with Crippen LogP contribution >= 0.6 is 0 Å². The van der Waals surface area contributed by atoms with Gasteiger partial charge in [0.05, 0.1) is 11.7 Å². The first-order chi connectivity index (χ1) is 10.1. The second kappa shape index (κ2) is 7.04. The summed E-state index contributed by atoms with van der Waals surface area (Å²) >= 11 is 0. The maximum atomic E-state index is 13.6. The van der Waals surface area contributed by atoms with E-state index in [1.54, 1.807) is 37.3 Å². The van der Waals surface area contributed by atoms with Crippen molar-refractivity contribution < 1.29 is 18.7 Å². The summed E-state index contributed by atoms with van der Waals surface area (Å²) in [5.74, 6) is 0.584. The van der Waals surface area contributed by atoms with Crippen LogP contribution < -0.4 is 5.32 Å². The molecule has 0 spiro atoms. The Labute approximate surface area is 122 Å². The number of carbonyl (C=O) groups excluding carboxylic acids is 1. The van der Waals surface area contributed by atoms with Gasteiger partial charge < -0.3 is 14.8 Å². The molecule has 1 aromatic carbocycles. The molecule has 2 rings (SSSR count). The van der Waals surface area contributed by atoms with Crippen LogP contribution in [0.1, 0.15) is 19.1 Å². The van der Waals surface area contributed by atoms with Crippen molar-refractivity contribution in [1.82, 2.24) is 5.32 Å². The van der Waals surface area contributed by atoms with E-state index >= 15 is 0 Å². The number of carbonyl (C=O) groups is 1. The average molecular weight is 291 g/mol. The smallest absolute Gasteiger partial charge is 0.220 e. The van der Waals surface area contributed by atoms with E-state index in [0.29, 0.717) is 23.5 Å². The van der Waals surface area contributed by atoms with E-state index in [2.05, 4.69) is 5.32 Å². The zero-order valence-corrected chi connectivity index (χ0v) is 11.8. The zero-order valence-electron chi connectivity index (χ0n) is 11.8. The number of aryl methyl sites for hydroxylation is 1. The fourth-order valence-electron chi connectivity index (χ4n) is 1.90. The maximum absolute atomic E-state index is 13.6. The van der Waals surface area contributed by atoms with Crippen molar-refractivity contribution in [2.24, 2.45) is 0 Å². The number of furan rings is 1. The van der Waals surface area contributed by atoms with Crippen molar-refractivity contribution >= 4 is 5.91 Å². The number of amides is 1. The van der Waals surface area contributed by atoms with Crippen LogP contribution in [0.4, 0.5) is 4.39 Å². The van der Waals surface area contributed by atoms with Crippen molar-refractivity contribution in [1.29, 1.82) is 0 Å². The molecule has 1 amide bonds. The molecule has 21 heavy (non-hydrogen) atoms. The number of rotatable bonds is 6. The SMILES string of the molecule is CC(O)CNC(=O)CCc1ccc(-c2ccccc2F)o1. The van der Waals surface area contributed by atoms with Gasteiger partial charge in [-0.1, -0.05) is 12.1 Å². The van der Waals surface area contributed by atoms with Crippen molar-refractivity contribution in [2.45, 2.75) is 25.9 Å². The topological polar surface area (TPSA) is 62.5 Å². The Balaban J connectivity index is 1.92. The summed E-state index contributed by atoms with van der Waals surface area (Å²) in [5.41, 5.74) is 0.405. The Bertz CT molecular complexity index is 607. The monoisotopic (exact) mass is 291 g/mol. The maximum Gasteiger partial charge on any atom is 0.220 e. The van der Waals surface area contributed by atoms with Crippen LogP contribution in [-0.4, -0.2) is 23.7 Å². The number of halogens is 1. The molecule has 0 aliphatic heterocycles. The van der Waals surface area contributed by atoms with Crippen molar-refractivity contribution in [3.63, 3.8) is 0 Å². The summed E-state index contributed by atoms with van der Waals surface area (Å²) in [5, 5.41) is 11.7. The van der Waals surface area contributed by atoms with Crippen LogP contribution in [0.5, 0.6) is 0 Å². The minimum absolute atomic E-state index is 0.153. The lowest BCUT2D eigenvalue weighted by Crippen LogP contribution is -2.30. The molecule has 2 aromatic rings. The standard InChI is InChI=1S/C16H18FNO3/c1-11(19)10-18-16(20)9-7-12-6-8-15(21-12)13-4-2-3-5-14(13)17/h2-6,8,11,19H,7,9-10H2,1H3,(H,18,20). The van der Waals surface area contributed by atoms with Crippen molar-refractivity contribution in [3.8, 4) is 11.3 Å². The van der Waals surface area contributed by atoms with E-state index in [1.165, 1.54) is 6.07 Å². The van der Waals surface area contributed by atoms with E-state index < -0.39 is 6.10 Å². The van der Waals surface area contributed by atoms with Gasteiger partial charge in [-0.3, -0.25) is 4.79 Å². The lowest BCUT2D eigenvalue weighted by molar-refractivity contribution is -0.121. The highest BCUT2D eigenvalue weighted by atomic mass is 19.1. The molecule has 1 atom stereocenters. The van der Waals surface area contributed by atoms with Gasteiger partial charge >= 0.3 is 0 Å². The first-order valence-electron chi connectivity index (χ1n) is 6.84. The zero-order chi connectivity index (χ0) is 15.2. The molecule has 0 saturated heterocycles. The number of benzene rings is 1. The van der Waals surface area contributed by atoms with Crippen LogP contribution in [0.25, 0.3) is 11.3 Å². The quantitative estimate of drug-likeness (QED) is 0.859. The summed E-state index contributed by atoms with van der Waals surface area (Å²) in [6, 6.07) is 9.82. The summed E-state index contributed by atoms with van der Waals surface area (Å²) in [4.78, 5) is 11.5. The first kappa shape index (κ1) is 15.3. The van der Waals surface area contributed by atoms with Crippen molar-refractivity contribution in [2.75, 3.05) is 6.54 Å². The number of aliphatic hydroxyl groups excluding tert-OH is 1. The molecule has 0 saturated carbocycles. The third-order valence-corrected chi connectivity index (χ3v) is 2.99. The fraction of sp³-hybridized carbons (Fsp3) is 0.312. The molecule has 0 bridgehead atoms. The predicted octanol–water partition coefficient (Wildman–Crippen LogP) is 2.52. The number of aliphatic hydroxyl groups is 1. The molecule has 0 radical (unpaired) electrons. The molecule has 0 aliphatic rings. The van der Waals surface area contributed by atoms with Gasteiger partial charge in [-0.15, -0.1) is 0 Å². The molecule has 1 unspecified atom stereocenters. The second-order valence-corrected chi connectivity index (χ2v) is 4.90. The Hall–Kier alpha value is -2.14. The van der Waals surface area contributed by atoms with Gasteiger partial charge in [-0.25, -0.2) is 4.39 Å². The van der Waals surface area contributed by atoms with E-state index in [-0.39, 0.29) is 24.7 Å². The normalized spacial score (nSPS) is 12.1. The molecule has 0 fully saturated rings. The Morgan fingerprint density at radius 3 is 2.81 bits per heavy atom. The van der Waals surface area contributed by atoms with E-state index in [9.17, 15) is 9.18 Å². The highest BCUT2D eigenvalue weighted by molar-refractivity contribution is 5.76. The minimum Gasteiger partial charge on any atom is -0.461 e. The van der Waals surface area contributed by atoms with Gasteiger partial charge in [0.1, 0.15) is 17.3 Å². The minimum atomic E-state index is -0.565. The van der Waals surface area contributed by atoms with Gasteiger partial charge in [0.25, 0.3) is 0 Å². The van der Waals surface area contributed by atoms with Crippen molar-refractivity contribution in [3.05, 3.63) is 48.0 Å². The molecule has 4 nitrogen and oxygen atoms in total. The van der Waals surface area contributed by atoms with E-state index in [1.807, 2.05) is 0 Å². The molecule has 112 valence electrons. The predicted molar refractivity (Wildman–Crippen MR) is 77.1 cm³/mol. The first-order valence-corrected chi connectivity index (χ1v) is 6.84. The summed E-state index contributed by atoms with van der Waals surface area (Å²) in [6.07, 6.45) is 0.127. The number of nitrogens with one attached hydrogen (secondary N) is 1. The van der Waals surface area contributed by atoms with Gasteiger partial charge in [-0.2, -0.15) is 0 Å². The second-order valence-electron chi connectivity index (χ2n) is 4.90. The van der Waals surface area contributed by atoms with Crippen LogP contribution in [-0.2, 0) is 11.2 Å². The van der Waals surface area contributed by atoms with Gasteiger partial charge in [-0.05, 0) is 31.2 Å². The molecule has 1 aromatic heterocycles. The molecular weight excluding hydrogens is 273 g/mol. The lowest BCUT2D eigenvalue weighted by atomic mass is 10.1. The van der Waals surface area contributed by atoms with Crippen LogP contribution in [0.15, 0.2) is 40.8 Å². The molecule has 0 aliphatic carbocycles. The van der Waals surface area contributed by atoms with Crippen LogP contribution in [0, 0.1) is 5.82 Å². The van der Waals surface area contributed by atoms with Gasteiger partial charge in [0.15, 0.2) is 0 Å². The Kier molecular flexibility index (Phi) is 5.11. The Morgan fingerprint density at radius 2 is 2.10 bits per heavy atom. The van der Waals surface area contributed by atoms with Gasteiger partial charge in [0, 0.05) is 19.4 Å². The highest BCUT2D eigenvalue weighted by Crippen LogP contribution is 2.25. The lowest BCUT2D eigenvalue weighted by Gasteiger charge is -2.06. The van der Waals surface area contributed by atoms with E-state index in [4.69, 9.17) is 9.52 Å². The summed E-state index contributed by atoms with van der Waals surface area (Å²) in [7, 11) is 0. The number of hydrogen-bond donors (Lipinski definition) is 2. The van der Waals surface area contributed by atoms with Crippen LogP contribution in [0.2, 0.25) is 0 Å². The molecule has 5 heteroatoms. The highest BCUT2D eigenvalue weighted by Gasteiger charge is 2.10. The van der Waals surface area contributed by atoms with E-state index in [0.717, 1.165) is 0 Å². The number of hydrogen-bond acceptors (Lipinski definition) is 3. The molecule has 1 heterocycles. The average Bonchev–Trinajstić information content (AvgIpc) is 2.92. The fourth-order valence-corrected chi connectivity index (χ4v) is 1.90. The summed E-state index contributed by atoms with van der Waals surface area (Å²) in [6.45, 7) is 1.84.